The Labute approximate surface area is 152 Å². The third-order valence-corrected chi connectivity index (χ3v) is 4.45. The van der Waals surface area contributed by atoms with E-state index in [4.69, 9.17) is 4.98 Å². The second-order valence-electron chi connectivity index (χ2n) is 6.69. The summed E-state index contributed by atoms with van der Waals surface area (Å²) in [5.41, 5.74) is 3.12. The number of aromatic nitrogens is 5. The summed E-state index contributed by atoms with van der Waals surface area (Å²) in [5, 5.41) is 8.11. The molecule has 0 aliphatic carbocycles. The zero-order valence-corrected chi connectivity index (χ0v) is 14.9. The normalized spacial score (nSPS) is 12.6. The average molecular weight is 346 g/mol. The zero-order chi connectivity index (χ0) is 17.9. The van der Waals surface area contributed by atoms with Crippen LogP contribution in [0.15, 0.2) is 67.4 Å². The highest BCUT2D eigenvalue weighted by molar-refractivity contribution is 5.50. The number of fused-ring (bicyclic) bond motifs is 1. The SMILES string of the molecule is CC(C)c1cc(NC(Cn2ccnc2)c2ccccc2)n2nccc2n1. The van der Waals surface area contributed by atoms with Gasteiger partial charge in [0.25, 0.3) is 0 Å². The third kappa shape index (κ3) is 3.31. The Hall–Kier alpha value is -3.15. The van der Waals surface area contributed by atoms with Crippen LogP contribution in [0.1, 0.15) is 37.1 Å². The van der Waals surface area contributed by atoms with Crippen LogP contribution in [0.5, 0.6) is 0 Å². The fourth-order valence-electron chi connectivity index (χ4n) is 3.03. The van der Waals surface area contributed by atoms with Crippen LogP contribution in [-0.2, 0) is 6.54 Å². The van der Waals surface area contributed by atoms with Crippen LogP contribution in [0.25, 0.3) is 5.65 Å². The van der Waals surface area contributed by atoms with Gasteiger partial charge in [-0.25, -0.2) is 9.97 Å². The van der Waals surface area contributed by atoms with Crippen molar-refractivity contribution in [1.82, 2.24) is 24.1 Å². The molecule has 0 spiro atoms. The number of benzene rings is 1. The molecule has 6 nitrogen and oxygen atoms in total. The average Bonchev–Trinajstić information content (AvgIpc) is 3.33. The van der Waals surface area contributed by atoms with E-state index < -0.39 is 0 Å². The molecule has 0 aliphatic rings. The maximum absolute atomic E-state index is 4.70. The molecule has 0 amide bonds. The number of rotatable bonds is 6. The molecule has 26 heavy (non-hydrogen) atoms. The summed E-state index contributed by atoms with van der Waals surface area (Å²) in [7, 11) is 0. The molecule has 1 N–H and O–H groups in total. The Bertz CT molecular complexity index is 972. The van der Waals surface area contributed by atoms with Crippen molar-refractivity contribution in [3.8, 4) is 0 Å². The van der Waals surface area contributed by atoms with E-state index in [-0.39, 0.29) is 6.04 Å². The van der Waals surface area contributed by atoms with Crippen molar-refractivity contribution < 1.29 is 0 Å². The van der Waals surface area contributed by atoms with Gasteiger partial charge in [-0.05, 0) is 11.5 Å². The molecule has 0 radical (unpaired) electrons. The predicted molar refractivity (Wildman–Crippen MR) is 102 cm³/mol. The van der Waals surface area contributed by atoms with Crippen LogP contribution in [0, 0.1) is 0 Å². The van der Waals surface area contributed by atoms with Gasteiger partial charge in [-0.15, -0.1) is 0 Å². The van der Waals surface area contributed by atoms with Crippen LogP contribution >= 0.6 is 0 Å². The lowest BCUT2D eigenvalue weighted by Gasteiger charge is -2.22. The Morgan fingerprint density at radius 3 is 2.65 bits per heavy atom. The molecule has 3 aromatic heterocycles. The van der Waals surface area contributed by atoms with Crippen LogP contribution in [0.3, 0.4) is 0 Å². The first kappa shape index (κ1) is 16.3. The van der Waals surface area contributed by atoms with E-state index in [2.05, 4.69) is 64.1 Å². The minimum Gasteiger partial charge on any atom is -0.361 e. The van der Waals surface area contributed by atoms with Crippen LogP contribution in [0.4, 0.5) is 5.82 Å². The van der Waals surface area contributed by atoms with E-state index in [0.717, 1.165) is 23.7 Å². The number of imidazole rings is 1. The standard InChI is InChI=1S/C20H22N6/c1-15(2)17-12-20(26-19(23-17)8-9-22-26)24-18(13-25-11-10-21-14-25)16-6-4-3-5-7-16/h3-12,14-15,18,24H,13H2,1-2H3. The monoisotopic (exact) mass is 346 g/mol. The van der Waals surface area contributed by atoms with Gasteiger partial charge < -0.3 is 9.88 Å². The number of hydrogen-bond donors (Lipinski definition) is 1. The molecule has 1 atom stereocenters. The first-order valence-corrected chi connectivity index (χ1v) is 8.82. The molecule has 6 heteroatoms. The lowest BCUT2D eigenvalue weighted by atomic mass is 10.1. The van der Waals surface area contributed by atoms with Crippen molar-refractivity contribution in [2.75, 3.05) is 5.32 Å². The second-order valence-corrected chi connectivity index (χ2v) is 6.69. The summed E-state index contributed by atoms with van der Waals surface area (Å²) in [6.45, 7) is 5.07. The lowest BCUT2D eigenvalue weighted by molar-refractivity contribution is 0.602. The summed E-state index contributed by atoms with van der Waals surface area (Å²) >= 11 is 0. The first-order chi connectivity index (χ1) is 12.7. The molecule has 4 rings (SSSR count). The fourth-order valence-corrected chi connectivity index (χ4v) is 3.03. The maximum Gasteiger partial charge on any atom is 0.157 e. The van der Waals surface area contributed by atoms with E-state index in [1.807, 2.05) is 29.2 Å². The van der Waals surface area contributed by atoms with Crippen molar-refractivity contribution in [1.29, 1.82) is 0 Å². The molecule has 0 fully saturated rings. The Kier molecular flexibility index (Phi) is 4.39. The fraction of sp³-hybridized carbons (Fsp3) is 0.250. The van der Waals surface area contributed by atoms with E-state index >= 15 is 0 Å². The number of nitrogens with one attached hydrogen (secondary N) is 1. The van der Waals surface area contributed by atoms with Gasteiger partial charge in [-0.3, -0.25) is 0 Å². The highest BCUT2D eigenvalue weighted by atomic mass is 15.3. The largest absolute Gasteiger partial charge is 0.361 e. The van der Waals surface area contributed by atoms with Crippen LogP contribution in [-0.4, -0.2) is 24.1 Å². The molecule has 4 aromatic rings. The number of anilines is 1. The third-order valence-electron chi connectivity index (χ3n) is 4.45. The van der Waals surface area contributed by atoms with E-state index in [1.165, 1.54) is 5.56 Å². The molecule has 0 saturated heterocycles. The summed E-state index contributed by atoms with van der Waals surface area (Å²) in [5.74, 6) is 1.29. The Morgan fingerprint density at radius 2 is 1.92 bits per heavy atom. The molecule has 3 heterocycles. The van der Waals surface area contributed by atoms with Crippen LogP contribution in [0.2, 0.25) is 0 Å². The quantitative estimate of drug-likeness (QED) is 0.575. The molecule has 0 aliphatic heterocycles. The van der Waals surface area contributed by atoms with Gasteiger partial charge in [-0.2, -0.15) is 9.61 Å². The first-order valence-electron chi connectivity index (χ1n) is 8.82. The maximum atomic E-state index is 4.70. The highest BCUT2D eigenvalue weighted by Crippen LogP contribution is 2.24. The van der Waals surface area contributed by atoms with E-state index in [1.54, 1.807) is 12.4 Å². The Morgan fingerprint density at radius 1 is 1.08 bits per heavy atom. The molecule has 0 saturated carbocycles. The van der Waals surface area contributed by atoms with Crippen molar-refractivity contribution in [2.45, 2.75) is 32.4 Å². The summed E-state index contributed by atoms with van der Waals surface area (Å²) in [6.07, 6.45) is 7.41. The topological polar surface area (TPSA) is 60.0 Å². The molecule has 0 bridgehead atoms. The van der Waals surface area contributed by atoms with E-state index in [9.17, 15) is 0 Å². The molecular formula is C20H22N6. The van der Waals surface area contributed by atoms with Gasteiger partial charge >= 0.3 is 0 Å². The van der Waals surface area contributed by atoms with Gasteiger partial charge in [0.2, 0.25) is 0 Å². The van der Waals surface area contributed by atoms with Crippen molar-refractivity contribution in [2.24, 2.45) is 0 Å². The highest BCUT2D eigenvalue weighted by Gasteiger charge is 2.16. The van der Waals surface area contributed by atoms with Gasteiger partial charge in [-0.1, -0.05) is 44.2 Å². The smallest absolute Gasteiger partial charge is 0.157 e. The van der Waals surface area contributed by atoms with Crippen molar-refractivity contribution >= 4 is 11.5 Å². The van der Waals surface area contributed by atoms with Crippen molar-refractivity contribution in [3.63, 3.8) is 0 Å². The van der Waals surface area contributed by atoms with Gasteiger partial charge in [0.05, 0.1) is 18.6 Å². The molecule has 1 unspecified atom stereocenters. The van der Waals surface area contributed by atoms with Gasteiger partial charge in [0.1, 0.15) is 5.82 Å². The van der Waals surface area contributed by atoms with Gasteiger partial charge in [0.15, 0.2) is 5.65 Å². The Balaban J connectivity index is 1.73. The lowest BCUT2D eigenvalue weighted by Crippen LogP contribution is -2.19. The molecule has 132 valence electrons. The summed E-state index contributed by atoms with van der Waals surface area (Å²) in [6, 6.07) is 14.5. The molecular weight excluding hydrogens is 324 g/mol. The summed E-state index contributed by atoms with van der Waals surface area (Å²) < 4.78 is 3.94. The van der Waals surface area contributed by atoms with Gasteiger partial charge in [0, 0.05) is 36.8 Å². The number of hydrogen-bond acceptors (Lipinski definition) is 4. The summed E-state index contributed by atoms with van der Waals surface area (Å²) in [4.78, 5) is 8.86. The number of nitrogens with zero attached hydrogens (tertiary/aromatic N) is 5. The van der Waals surface area contributed by atoms with Crippen molar-refractivity contribution in [3.05, 3.63) is 78.6 Å². The van der Waals surface area contributed by atoms with E-state index in [0.29, 0.717) is 5.92 Å². The molecule has 1 aromatic carbocycles. The zero-order valence-electron chi connectivity index (χ0n) is 14.9. The second kappa shape index (κ2) is 7.00. The minimum atomic E-state index is 0.0835. The minimum absolute atomic E-state index is 0.0835. The predicted octanol–water partition coefficient (Wildman–Crippen LogP) is 3.90. The van der Waals surface area contributed by atoms with Crippen LogP contribution < -0.4 is 5.32 Å².